The second-order valence-electron chi connectivity index (χ2n) is 10.4. The lowest BCUT2D eigenvalue weighted by Crippen LogP contribution is -2.46. The molecule has 232 valence electrons. The Kier molecular flexibility index (Phi) is 15.3. The van der Waals surface area contributed by atoms with Crippen molar-refractivity contribution in [2.45, 2.75) is 94.0 Å². The molecule has 2 heterocycles. The topological polar surface area (TPSA) is 214 Å². The van der Waals surface area contributed by atoms with Crippen LogP contribution in [0.5, 0.6) is 0 Å². The van der Waals surface area contributed by atoms with E-state index in [0.717, 1.165) is 42.8 Å². The van der Waals surface area contributed by atoms with Crippen LogP contribution >= 0.6 is 11.8 Å². The molecule has 2 rings (SSSR count). The van der Waals surface area contributed by atoms with Gasteiger partial charge in [-0.1, -0.05) is 12.8 Å². The molecule has 0 aromatic carbocycles. The highest BCUT2D eigenvalue weighted by Crippen LogP contribution is 2.33. The molecule has 7 N–H and O–H groups in total. The summed E-state index contributed by atoms with van der Waals surface area (Å²) in [5.41, 5.74) is 0. The van der Waals surface area contributed by atoms with E-state index in [1.54, 1.807) is 0 Å². The average molecular weight is 602 g/mol. The Balaban J connectivity index is 1.45. The zero-order valence-corrected chi connectivity index (χ0v) is 24.1. The molecule has 2 aliphatic rings. The number of aliphatic carboxylic acids is 3. The molecule has 0 saturated carbocycles. The molecule has 2 fully saturated rings. The molecule has 2 aliphatic heterocycles. The third kappa shape index (κ3) is 13.4. The van der Waals surface area contributed by atoms with Crippen LogP contribution in [0.1, 0.15) is 70.6 Å². The molecule has 2 saturated heterocycles. The number of unbranched alkanes of at least 4 members (excludes halogenated alkanes) is 4. The Labute approximate surface area is 243 Å². The first-order chi connectivity index (χ1) is 19.6. The van der Waals surface area contributed by atoms with Gasteiger partial charge >= 0.3 is 23.9 Å². The summed E-state index contributed by atoms with van der Waals surface area (Å²) in [5, 5.41) is 39.2. The molecule has 14 nitrogen and oxygen atoms in total. The van der Waals surface area contributed by atoms with Crippen LogP contribution < -0.4 is 21.3 Å². The van der Waals surface area contributed by atoms with Crippen molar-refractivity contribution in [1.29, 1.82) is 0 Å². The Morgan fingerprint density at radius 3 is 2.00 bits per heavy atom. The Hall–Kier alpha value is -3.07. The minimum Gasteiger partial charge on any atom is -0.480 e. The van der Waals surface area contributed by atoms with Crippen molar-refractivity contribution in [3.8, 4) is 0 Å². The van der Waals surface area contributed by atoms with Gasteiger partial charge in [0.2, 0.25) is 11.8 Å². The maximum Gasteiger partial charge on any atom is 0.320 e. The van der Waals surface area contributed by atoms with E-state index >= 15 is 0 Å². The maximum absolute atomic E-state index is 12.1. The smallest absolute Gasteiger partial charge is 0.320 e. The quantitative estimate of drug-likeness (QED) is 0.0674. The van der Waals surface area contributed by atoms with Crippen LogP contribution in [0.3, 0.4) is 0 Å². The van der Waals surface area contributed by atoms with E-state index in [4.69, 9.17) is 10.2 Å². The fourth-order valence-electron chi connectivity index (χ4n) is 5.04. The van der Waals surface area contributed by atoms with E-state index in [1.165, 1.54) is 0 Å². The first-order valence-corrected chi connectivity index (χ1v) is 15.2. The third-order valence-corrected chi connectivity index (χ3v) is 8.62. The predicted molar refractivity (Wildman–Crippen MR) is 151 cm³/mol. The highest BCUT2D eigenvalue weighted by atomic mass is 32.2. The SMILES string of the molecule is O=C(O)CN(CC(=O)O)C(CCCCNC(=O)CCCCCNC(=O)CCCC[C@@H]1SC[C@@H]2NC(=O)N[C@@H]21)C(=O)O. The van der Waals surface area contributed by atoms with Gasteiger partial charge in [-0.05, 0) is 44.9 Å². The van der Waals surface area contributed by atoms with Crippen molar-refractivity contribution in [3.63, 3.8) is 0 Å². The van der Waals surface area contributed by atoms with E-state index < -0.39 is 37.0 Å². The van der Waals surface area contributed by atoms with Gasteiger partial charge in [-0.15, -0.1) is 0 Å². The summed E-state index contributed by atoms with van der Waals surface area (Å²) in [6, 6.07) is -0.920. The number of rotatable bonds is 22. The summed E-state index contributed by atoms with van der Waals surface area (Å²) in [6.45, 7) is -0.479. The normalized spacial score (nSPS) is 20.1. The number of hydrogen-bond donors (Lipinski definition) is 7. The molecule has 4 amide bonds. The highest BCUT2D eigenvalue weighted by Gasteiger charge is 2.42. The number of carbonyl (C=O) groups excluding carboxylic acids is 3. The lowest BCUT2D eigenvalue weighted by atomic mass is 10.0. The maximum atomic E-state index is 12.1. The molecule has 0 radical (unpaired) electrons. The van der Waals surface area contributed by atoms with Gasteiger partial charge in [-0.3, -0.25) is 28.9 Å². The fourth-order valence-corrected chi connectivity index (χ4v) is 6.59. The number of carbonyl (C=O) groups is 6. The minimum atomic E-state index is -1.31. The molecule has 4 atom stereocenters. The van der Waals surface area contributed by atoms with Gasteiger partial charge < -0.3 is 36.6 Å². The summed E-state index contributed by atoms with van der Waals surface area (Å²) in [4.78, 5) is 69.8. The number of nitrogens with one attached hydrogen (secondary N) is 4. The lowest BCUT2D eigenvalue weighted by Gasteiger charge is -2.25. The summed E-state index contributed by atoms with van der Waals surface area (Å²) in [6.07, 6.45) is 6.69. The average Bonchev–Trinajstić information content (AvgIpc) is 3.44. The second-order valence-corrected chi connectivity index (χ2v) is 11.7. The van der Waals surface area contributed by atoms with Crippen molar-refractivity contribution >= 4 is 47.5 Å². The number of hydrogen-bond acceptors (Lipinski definition) is 8. The number of amides is 4. The van der Waals surface area contributed by atoms with Crippen LogP contribution in [0.2, 0.25) is 0 Å². The van der Waals surface area contributed by atoms with Gasteiger partial charge in [-0.25, -0.2) is 4.79 Å². The minimum absolute atomic E-state index is 0.0229. The second kappa shape index (κ2) is 18.4. The molecule has 41 heavy (non-hydrogen) atoms. The molecule has 0 aromatic heterocycles. The standard InChI is InChI=1S/C26H43N5O9S/c32-20(28-13-7-5-8-18(25(38)39)31(14-22(34)35)15-23(36)37)10-2-1-6-12-27-21(33)11-4-3-9-19-24-17(16-41-19)29-26(40)30-24/h17-19,24H,1-16H2,(H,27,33)(H,28,32)(H,34,35)(H,36,37)(H,38,39)(H2,29,30,40)/t17-,18?,19-,24-/m0/s1. The van der Waals surface area contributed by atoms with Crippen LogP contribution in [-0.2, 0) is 24.0 Å². The number of fused-ring (bicyclic) bond motifs is 1. The number of carboxylic acids is 3. The Bertz CT molecular complexity index is 906. The molecule has 0 bridgehead atoms. The zero-order valence-electron chi connectivity index (χ0n) is 23.3. The van der Waals surface area contributed by atoms with E-state index in [1.807, 2.05) is 11.8 Å². The van der Waals surface area contributed by atoms with Crippen LogP contribution in [-0.4, -0.2) is 111 Å². The van der Waals surface area contributed by atoms with Gasteiger partial charge in [0.1, 0.15) is 6.04 Å². The molecule has 0 aliphatic carbocycles. The predicted octanol–water partition coefficient (Wildman–Crippen LogP) is 0.600. The summed E-state index contributed by atoms with van der Waals surface area (Å²) < 4.78 is 0. The van der Waals surface area contributed by atoms with Crippen molar-refractivity contribution in [2.75, 3.05) is 31.9 Å². The third-order valence-electron chi connectivity index (χ3n) is 7.11. The number of urea groups is 1. The van der Waals surface area contributed by atoms with Gasteiger partial charge in [0.05, 0.1) is 25.2 Å². The van der Waals surface area contributed by atoms with Gasteiger partial charge in [0.15, 0.2) is 0 Å². The molecular formula is C26H43N5O9S. The molecule has 0 spiro atoms. The van der Waals surface area contributed by atoms with Crippen LogP contribution in [0.4, 0.5) is 4.79 Å². The molecule has 1 unspecified atom stereocenters. The lowest BCUT2D eigenvalue weighted by molar-refractivity contribution is -0.149. The first-order valence-electron chi connectivity index (χ1n) is 14.2. The zero-order chi connectivity index (χ0) is 30.2. The Morgan fingerprint density at radius 2 is 1.41 bits per heavy atom. The summed E-state index contributed by atoms with van der Waals surface area (Å²) >= 11 is 1.87. The van der Waals surface area contributed by atoms with Gasteiger partial charge in [0.25, 0.3) is 0 Å². The molecular weight excluding hydrogens is 558 g/mol. The van der Waals surface area contributed by atoms with Crippen LogP contribution in [0, 0.1) is 0 Å². The number of carboxylic acid groups (broad SMARTS) is 3. The van der Waals surface area contributed by atoms with Crippen molar-refractivity contribution in [1.82, 2.24) is 26.2 Å². The Morgan fingerprint density at radius 1 is 0.829 bits per heavy atom. The largest absolute Gasteiger partial charge is 0.480 e. The molecule has 15 heteroatoms. The van der Waals surface area contributed by atoms with E-state index in [-0.39, 0.29) is 36.3 Å². The van der Waals surface area contributed by atoms with Crippen molar-refractivity contribution < 1.29 is 44.1 Å². The van der Waals surface area contributed by atoms with Crippen LogP contribution in [0.15, 0.2) is 0 Å². The van der Waals surface area contributed by atoms with Crippen molar-refractivity contribution in [2.24, 2.45) is 0 Å². The van der Waals surface area contributed by atoms with E-state index in [9.17, 15) is 33.9 Å². The first kappa shape index (κ1) is 34.1. The number of nitrogens with zero attached hydrogens (tertiary/aromatic N) is 1. The van der Waals surface area contributed by atoms with Gasteiger partial charge in [0, 0.05) is 36.9 Å². The summed E-state index contributed by atoms with van der Waals surface area (Å²) in [5.74, 6) is -3.08. The monoisotopic (exact) mass is 601 g/mol. The highest BCUT2D eigenvalue weighted by molar-refractivity contribution is 8.00. The van der Waals surface area contributed by atoms with Gasteiger partial charge in [-0.2, -0.15) is 11.8 Å². The number of thioether (sulfide) groups is 1. The van der Waals surface area contributed by atoms with Crippen molar-refractivity contribution in [3.05, 3.63) is 0 Å². The van der Waals surface area contributed by atoms with E-state index in [2.05, 4.69) is 21.3 Å². The van der Waals surface area contributed by atoms with E-state index in [0.29, 0.717) is 50.4 Å². The van der Waals surface area contributed by atoms with Crippen LogP contribution in [0.25, 0.3) is 0 Å². The molecule has 0 aromatic rings. The summed E-state index contributed by atoms with van der Waals surface area (Å²) in [7, 11) is 0. The fraction of sp³-hybridized carbons (Fsp3) is 0.769.